The zero-order valence-corrected chi connectivity index (χ0v) is 17.1. The lowest BCUT2D eigenvalue weighted by Crippen LogP contribution is -2.54. The number of fused-ring (bicyclic) bond motifs is 1. The molecule has 0 saturated carbocycles. The highest BCUT2D eigenvalue weighted by Crippen LogP contribution is 2.29. The van der Waals surface area contributed by atoms with Gasteiger partial charge in [0.25, 0.3) is 5.56 Å². The van der Waals surface area contributed by atoms with E-state index < -0.39 is 11.5 Å². The number of hydrogen-bond donors (Lipinski definition) is 2. The van der Waals surface area contributed by atoms with Crippen LogP contribution < -0.4 is 10.9 Å². The van der Waals surface area contributed by atoms with Crippen molar-refractivity contribution in [3.63, 3.8) is 0 Å². The van der Waals surface area contributed by atoms with Crippen LogP contribution >= 0.6 is 0 Å². The summed E-state index contributed by atoms with van der Waals surface area (Å²) in [4.78, 5) is 24.9. The summed E-state index contributed by atoms with van der Waals surface area (Å²) < 4.78 is 1.84. The summed E-state index contributed by atoms with van der Waals surface area (Å²) >= 11 is 0. The SMILES string of the molecule is CC1(C(=O)O)C=C(c2cc3c(n(Cc4ccc(C#N)cc4)c2=O)CCCCCC3)N1. The number of pyridine rings is 1. The van der Waals surface area contributed by atoms with E-state index in [4.69, 9.17) is 5.26 Å². The smallest absolute Gasteiger partial charge is 0.333 e. The Morgan fingerprint density at radius 3 is 2.50 bits per heavy atom. The van der Waals surface area contributed by atoms with Crippen LogP contribution in [-0.2, 0) is 24.2 Å². The maximum atomic E-state index is 13.5. The first-order chi connectivity index (χ1) is 14.4. The zero-order chi connectivity index (χ0) is 21.3. The second-order valence-corrected chi connectivity index (χ2v) is 8.33. The van der Waals surface area contributed by atoms with Crippen molar-refractivity contribution in [2.75, 3.05) is 0 Å². The third kappa shape index (κ3) is 3.63. The van der Waals surface area contributed by atoms with E-state index in [2.05, 4.69) is 11.4 Å². The molecule has 0 fully saturated rings. The molecule has 1 atom stereocenters. The fourth-order valence-electron chi connectivity index (χ4n) is 4.28. The van der Waals surface area contributed by atoms with Gasteiger partial charge < -0.3 is 15.0 Å². The van der Waals surface area contributed by atoms with Crippen molar-refractivity contribution < 1.29 is 9.90 Å². The second-order valence-electron chi connectivity index (χ2n) is 8.33. The molecule has 1 aromatic carbocycles. The minimum absolute atomic E-state index is 0.107. The molecule has 1 unspecified atom stereocenters. The van der Waals surface area contributed by atoms with Crippen LogP contribution in [0.3, 0.4) is 0 Å². The highest BCUT2D eigenvalue weighted by Gasteiger charge is 2.40. The molecule has 0 saturated heterocycles. The van der Waals surface area contributed by atoms with Gasteiger partial charge in [0.05, 0.1) is 23.7 Å². The highest BCUT2D eigenvalue weighted by molar-refractivity contribution is 5.91. The molecule has 4 rings (SSSR count). The van der Waals surface area contributed by atoms with Crippen LogP contribution in [0.25, 0.3) is 5.70 Å². The molecule has 1 aliphatic carbocycles. The lowest BCUT2D eigenvalue weighted by Gasteiger charge is -2.35. The second kappa shape index (κ2) is 7.83. The van der Waals surface area contributed by atoms with E-state index in [0.29, 0.717) is 23.4 Å². The fraction of sp³-hybridized carbons (Fsp3) is 0.375. The van der Waals surface area contributed by atoms with E-state index in [-0.39, 0.29) is 5.56 Å². The lowest BCUT2D eigenvalue weighted by atomic mass is 9.88. The number of aryl methyl sites for hydroxylation is 1. The Hall–Kier alpha value is -3.33. The van der Waals surface area contributed by atoms with Gasteiger partial charge in [0, 0.05) is 11.4 Å². The first-order valence-electron chi connectivity index (χ1n) is 10.4. The Morgan fingerprint density at radius 2 is 1.87 bits per heavy atom. The van der Waals surface area contributed by atoms with Gasteiger partial charge >= 0.3 is 5.97 Å². The molecule has 0 bridgehead atoms. The van der Waals surface area contributed by atoms with Gasteiger partial charge in [-0.05, 0) is 68.0 Å². The van der Waals surface area contributed by atoms with E-state index in [0.717, 1.165) is 43.4 Å². The summed E-state index contributed by atoms with van der Waals surface area (Å²) in [6.07, 6.45) is 7.88. The molecule has 1 aliphatic heterocycles. The molecule has 6 heteroatoms. The number of aliphatic carboxylic acids is 1. The summed E-state index contributed by atoms with van der Waals surface area (Å²) in [5.74, 6) is -0.963. The van der Waals surface area contributed by atoms with Crippen molar-refractivity contribution in [3.8, 4) is 6.07 Å². The number of aromatic nitrogens is 1. The van der Waals surface area contributed by atoms with E-state index in [1.807, 2.05) is 22.8 Å². The van der Waals surface area contributed by atoms with Gasteiger partial charge in [-0.2, -0.15) is 5.26 Å². The average Bonchev–Trinajstić information content (AvgIpc) is 2.69. The molecule has 2 aliphatic rings. The molecule has 0 radical (unpaired) electrons. The van der Waals surface area contributed by atoms with E-state index in [9.17, 15) is 14.7 Å². The van der Waals surface area contributed by atoms with Gasteiger partial charge in [-0.15, -0.1) is 0 Å². The number of carboxylic acids is 1. The topological polar surface area (TPSA) is 95.1 Å². The molecular formula is C24H25N3O3. The Bertz CT molecular complexity index is 1120. The van der Waals surface area contributed by atoms with Crippen molar-refractivity contribution >= 4 is 11.7 Å². The molecule has 2 aromatic rings. The van der Waals surface area contributed by atoms with Crippen molar-refractivity contribution in [1.29, 1.82) is 5.26 Å². The molecule has 6 nitrogen and oxygen atoms in total. The standard InChI is InChI=1S/C24H25N3O3/c1-24(23(29)30)13-20(26-24)19-12-18-6-4-2-3-5-7-21(18)27(22(19)28)15-17-10-8-16(14-25)9-11-17/h8-13,26H,2-7,15H2,1H3,(H,29,30). The number of carboxylic acid groups (broad SMARTS) is 1. The first-order valence-corrected chi connectivity index (χ1v) is 10.4. The van der Waals surface area contributed by atoms with Gasteiger partial charge in [-0.1, -0.05) is 25.0 Å². The molecule has 154 valence electrons. The normalized spacial score (nSPS) is 20.5. The van der Waals surface area contributed by atoms with Crippen LogP contribution in [0.4, 0.5) is 0 Å². The summed E-state index contributed by atoms with van der Waals surface area (Å²) in [6, 6.07) is 11.4. The molecule has 30 heavy (non-hydrogen) atoms. The molecule has 2 heterocycles. The minimum atomic E-state index is -1.13. The third-order valence-corrected chi connectivity index (χ3v) is 6.09. The molecule has 0 spiro atoms. The Kier molecular flexibility index (Phi) is 5.21. The van der Waals surface area contributed by atoms with E-state index in [1.54, 1.807) is 25.1 Å². The number of rotatable bonds is 4. The van der Waals surface area contributed by atoms with Crippen LogP contribution in [0.2, 0.25) is 0 Å². The molecule has 0 amide bonds. The summed E-state index contributed by atoms with van der Waals surface area (Å²) in [5.41, 5.74) is 3.67. The maximum Gasteiger partial charge on any atom is 0.333 e. The number of benzene rings is 1. The number of hydrogen-bond acceptors (Lipinski definition) is 4. The van der Waals surface area contributed by atoms with Gasteiger partial charge in [-0.3, -0.25) is 4.79 Å². The first kappa shape index (κ1) is 20.0. The van der Waals surface area contributed by atoms with Gasteiger partial charge in [0.15, 0.2) is 5.54 Å². The van der Waals surface area contributed by atoms with Crippen molar-refractivity contribution in [1.82, 2.24) is 9.88 Å². The lowest BCUT2D eigenvalue weighted by molar-refractivity contribution is -0.142. The third-order valence-electron chi connectivity index (χ3n) is 6.09. The number of nitrogens with zero attached hydrogens (tertiary/aromatic N) is 2. The number of carbonyl (C=O) groups is 1. The van der Waals surface area contributed by atoms with Crippen molar-refractivity contribution in [2.45, 2.75) is 57.5 Å². The predicted molar refractivity (Wildman–Crippen MR) is 114 cm³/mol. The Labute approximate surface area is 175 Å². The quantitative estimate of drug-likeness (QED) is 0.817. The van der Waals surface area contributed by atoms with Crippen LogP contribution in [0, 0.1) is 11.3 Å². The summed E-state index contributed by atoms with van der Waals surface area (Å²) in [5, 5.41) is 21.4. The predicted octanol–water partition coefficient (Wildman–Crippen LogP) is 3.21. The fourth-order valence-corrected chi connectivity index (χ4v) is 4.28. The van der Waals surface area contributed by atoms with Crippen LogP contribution in [0.15, 0.2) is 41.2 Å². The monoisotopic (exact) mass is 403 g/mol. The minimum Gasteiger partial charge on any atom is -0.479 e. The van der Waals surface area contributed by atoms with E-state index >= 15 is 0 Å². The molecule has 1 aromatic heterocycles. The number of nitrogens with one attached hydrogen (secondary N) is 1. The van der Waals surface area contributed by atoms with Crippen LogP contribution in [-0.4, -0.2) is 21.2 Å². The van der Waals surface area contributed by atoms with E-state index in [1.165, 1.54) is 12.0 Å². The Morgan fingerprint density at radius 1 is 1.20 bits per heavy atom. The van der Waals surface area contributed by atoms with Gasteiger partial charge in [0.2, 0.25) is 0 Å². The summed E-state index contributed by atoms with van der Waals surface area (Å²) in [6.45, 7) is 2.02. The molecule has 2 N–H and O–H groups in total. The Balaban J connectivity index is 1.80. The summed E-state index contributed by atoms with van der Waals surface area (Å²) in [7, 11) is 0. The van der Waals surface area contributed by atoms with Crippen LogP contribution in [0.1, 0.15) is 60.6 Å². The van der Waals surface area contributed by atoms with Crippen LogP contribution in [0.5, 0.6) is 0 Å². The largest absolute Gasteiger partial charge is 0.479 e. The average molecular weight is 403 g/mol. The van der Waals surface area contributed by atoms with Crippen molar-refractivity contribution in [2.24, 2.45) is 0 Å². The van der Waals surface area contributed by atoms with Gasteiger partial charge in [0.1, 0.15) is 0 Å². The maximum absolute atomic E-state index is 13.5. The van der Waals surface area contributed by atoms with Crippen molar-refractivity contribution in [3.05, 3.63) is 74.7 Å². The van der Waals surface area contributed by atoms with Gasteiger partial charge in [-0.25, -0.2) is 4.79 Å². The zero-order valence-electron chi connectivity index (χ0n) is 17.1. The number of nitriles is 1. The molecular weight excluding hydrogens is 378 g/mol. The highest BCUT2D eigenvalue weighted by atomic mass is 16.4.